The lowest BCUT2D eigenvalue weighted by Gasteiger charge is -2.30. The highest BCUT2D eigenvalue weighted by molar-refractivity contribution is 7.89. The SMILES string of the molecule is O=S(=O)(c1cc(Cl)ccc1Cl)N1CCC(c2nc3ccccc3[nH]2)CC1. The number of nitrogens with one attached hydrogen (secondary N) is 1. The quantitative estimate of drug-likeness (QED) is 0.695. The molecule has 0 aliphatic carbocycles. The third-order valence-corrected chi connectivity index (χ3v) is 7.37. The number of piperidine rings is 1. The van der Waals surface area contributed by atoms with Gasteiger partial charge in [0.2, 0.25) is 10.0 Å². The molecule has 3 aromatic rings. The number of H-pyrrole nitrogens is 1. The Morgan fingerprint density at radius 2 is 1.81 bits per heavy atom. The van der Waals surface area contributed by atoms with Gasteiger partial charge in [-0.3, -0.25) is 0 Å². The van der Waals surface area contributed by atoms with Crippen LogP contribution in [0.4, 0.5) is 0 Å². The number of halogens is 2. The van der Waals surface area contributed by atoms with Gasteiger partial charge in [0, 0.05) is 24.0 Å². The number of sulfonamides is 1. The van der Waals surface area contributed by atoms with Crippen molar-refractivity contribution in [3.63, 3.8) is 0 Å². The average molecular weight is 410 g/mol. The molecule has 0 amide bonds. The van der Waals surface area contributed by atoms with Crippen molar-refractivity contribution in [2.75, 3.05) is 13.1 Å². The maximum Gasteiger partial charge on any atom is 0.244 e. The molecule has 1 N–H and O–H groups in total. The third kappa shape index (κ3) is 3.22. The number of imidazole rings is 1. The molecule has 5 nitrogen and oxygen atoms in total. The van der Waals surface area contributed by atoms with E-state index in [0.717, 1.165) is 16.9 Å². The number of aromatic nitrogens is 2. The fourth-order valence-electron chi connectivity index (χ4n) is 3.35. The number of hydrogen-bond acceptors (Lipinski definition) is 3. The lowest BCUT2D eigenvalue weighted by Crippen LogP contribution is -2.38. The number of rotatable bonds is 3. The minimum atomic E-state index is -3.66. The van der Waals surface area contributed by atoms with E-state index in [1.54, 1.807) is 6.07 Å². The molecule has 1 aromatic heterocycles. The Morgan fingerprint density at radius 1 is 1.08 bits per heavy atom. The van der Waals surface area contributed by atoms with Crippen molar-refractivity contribution in [3.05, 3.63) is 58.3 Å². The van der Waals surface area contributed by atoms with Crippen LogP contribution in [0.3, 0.4) is 0 Å². The smallest absolute Gasteiger partial charge is 0.244 e. The standard InChI is InChI=1S/C18H17Cl2N3O2S/c19-13-5-6-14(20)17(11-13)26(24,25)23-9-7-12(8-10-23)18-21-15-3-1-2-4-16(15)22-18/h1-6,11-12H,7-10H2,(H,21,22). The number of fused-ring (bicyclic) bond motifs is 1. The predicted octanol–water partition coefficient (Wildman–Crippen LogP) is 4.44. The van der Waals surface area contributed by atoms with Crippen molar-refractivity contribution in [1.29, 1.82) is 0 Å². The van der Waals surface area contributed by atoms with E-state index in [4.69, 9.17) is 23.2 Å². The van der Waals surface area contributed by atoms with Crippen molar-refractivity contribution < 1.29 is 8.42 Å². The van der Waals surface area contributed by atoms with Crippen molar-refractivity contribution >= 4 is 44.3 Å². The van der Waals surface area contributed by atoms with Crippen LogP contribution in [-0.4, -0.2) is 35.8 Å². The predicted molar refractivity (Wildman–Crippen MR) is 103 cm³/mol. The van der Waals surface area contributed by atoms with Gasteiger partial charge < -0.3 is 4.98 Å². The number of benzene rings is 2. The van der Waals surface area contributed by atoms with E-state index in [1.165, 1.54) is 16.4 Å². The summed E-state index contributed by atoms with van der Waals surface area (Å²) in [7, 11) is -3.66. The largest absolute Gasteiger partial charge is 0.342 e. The topological polar surface area (TPSA) is 66.1 Å². The van der Waals surface area contributed by atoms with Gasteiger partial charge in [-0.25, -0.2) is 13.4 Å². The van der Waals surface area contributed by atoms with Gasteiger partial charge in [0.05, 0.1) is 16.1 Å². The number of hydrogen-bond donors (Lipinski definition) is 1. The summed E-state index contributed by atoms with van der Waals surface area (Å²) >= 11 is 12.0. The normalized spacial score (nSPS) is 17.0. The Kier molecular flexibility index (Phi) is 4.69. The van der Waals surface area contributed by atoms with Crippen molar-refractivity contribution in [2.45, 2.75) is 23.7 Å². The molecule has 2 aromatic carbocycles. The van der Waals surface area contributed by atoms with Crippen molar-refractivity contribution in [1.82, 2.24) is 14.3 Å². The summed E-state index contributed by atoms with van der Waals surface area (Å²) in [6.07, 6.45) is 1.41. The molecule has 0 atom stereocenters. The summed E-state index contributed by atoms with van der Waals surface area (Å²) in [5.74, 6) is 1.13. The zero-order valence-corrected chi connectivity index (χ0v) is 16.2. The fourth-order valence-corrected chi connectivity index (χ4v) is 5.56. The number of para-hydroxylation sites is 2. The van der Waals surface area contributed by atoms with E-state index in [1.807, 2.05) is 24.3 Å². The van der Waals surface area contributed by atoms with Crippen LogP contribution in [-0.2, 0) is 10.0 Å². The van der Waals surface area contributed by atoms with Crippen LogP contribution >= 0.6 is 23.2 Å². The van der Waals surface area contributed by atoms with Crippen molar-refractivity contribution in [2.24, 2.45) is 0 Å². The zero-order chi connectivity index (χ0) is 18.3. The first-order valence-corrected chi connectivity index (χ1v) is 10.5. The maximum absolute atomic E-state index is 12.9. The van der Waals surface area contributed by atoms with Gasteiger partial charge >= 0.3 is 0 Å². The molecule has 0 saturated carbocycles. The van der Waals surface area contributed by atoms with Gasteiger partial charge in [0.25, 0.3) is 0 Å². The minimum Gasteiger partial charge on any atom is -0.342 e. The van der Waals surface area contributed by atoms with E-state index in [2.05, 4.69) is 9.97 Å². The molecule has 0 bridgehead atoms. The highest BCUT2D eigenvalue weighted by atomic mass is 35.5. The van der Waals surface area contributed by atoms with E-state index in [0.29, 0.717) is 31.0 Å². The second kappa shape index (κ2) is 6.85. The molecular weight excluding hydrogens is 393 g/mol. The molecule has 26 heavy (non-hydrogen) atoms. The molecular formula is C18H17Cl2N3O2S. The Morgan fingerprint density at radius 3 is 2.54 bits per heavy atom. The monoisotopic (exact) mass is 409 g/mol. The van der Waals surface area contributed by atoms with E-state index in [-0.39, 0.29) is 15.8 Å². The fraction of sp³-hybridized carbons (Fsp3) is 0.278. The van der Waals surface area contributed by atoms with Crippen LogP contribution in [0, 0.1) is 0 Å². The van der Waals surface area contributed by atoms with Crippen LogP contribution in [0.25, 0.3) is 11.0 Å². The third-order valence-electron chi connectivity index (χ3n) is 4.76. The van der Waals surface area contributed by atoms with Crippen LogP contribution in [0.2, 0.25) is 10.0 Å². The highest BCUT2D eigenvalue weighted by Crippen LogP contribution is 2.33. The molecule has 1 saturated heterocycles. The van der Waals surface area contributed by atoms with Crippen LogP contribution < -0.4 is 0 Å². The first-order valence-electron chi connectivity index (χ1n) is 8.35. The van der Waals surface area contributed by atoms with Gasteiger partial charge in [-0.1, -0.05) is 35.3 Å². The molecule has 4 rings (SSSR count). The summed E-state index contributed by atoms with van der Waals surface area (Å²) in [4.78, 5) is 8.06. The first-order chi connectivity index (χ1) is 12.4. The molecule has 1 aliphatic heterocycles. The first kappa shape index (κ1) is 17.8. The Bertz CT molecular complexity index is 1020. The van der Waals surface area contributed by atoms with Crippen LogP contribution in [0.5, 0.6) is 0 Å². The lowest BCUT2D eigenvalue weighted by atomic mass is 9.97. The molecule has 1 aliphatic rings. The molecule has 0 radical (unpaired) electrons. The minimum absolute atomic E-state index is 0.0638. The van der Waals surface area contributed by atoms with E-state index >= 15 is 0 Å². The molecule has 0 spiro atoms. The summed E-state index contributed by atoms with van der Waals surface area (Å²) in [6, 6.07) is 12.4. The van der Waals surface area contributed by atoms with Gasteiger partial charge in [-0.15, -0.1) is 0 Å². The second-order valence-corrected chi connectivity index (χ2v) is 9.14. The Balaban J connectivity index is 1.53. The van der Waals surface area contributed by atoms with E-state index in [9.17, 15) is 8.42 Å². The average Bonchev–Trinajstić information content (AvgIpc) is 3.08. The Hall–Kier alpha value is -1.60. The van der Waals surface area contributed by atoms with Crippen molar-refractivity contribution in [3.8, 4) is 0 Å². The molecule has 136 valence electrons. The lowest BCUT2D eigenvalue weighted by molar-refractivity contribution is 0.314. The van der Waals surface area contributed by atoms with Crippen LogP contribution in [0.1, 0.15) is 24.6 Å². The number of nitrogens with zero attached hydrogens (tertiary/aromatic N) is 2. The molecule has 2 heterocycles. The van der Waals surface area contributed by atoms with Crippen LogP contribution in [0.15, 0.2) is 47.4 Å². The van der Waals surface area contributed by atoms with Gasteiger partial charge in [-0.2, -0.15) is 4.31 Å². The second-order valence-electron chi connectivity index (χ2n) is 6.39. The van der Waals surface area contributed by atoms with Gasteiger partial charge in [-0.05, 0) is 43.2 Å². The summed E-state index contributed by atoms with van der Waals surface area (Å²) in [5, 5.41) is 0.541. The molecule has 0 unspecified atom stereocenters. The maximum atomic E-state index is 12.9. The van der Waals surface area contributed by atoms with E-state index < -0.39 is 10.0 Å². The zero-order valence-electron chi connectivity index (χ0n) is 13.8. The van der Waals surface area contributed by atoms with Gasteiger partial charge in [0.1, 0.15) is 10.7 Å². The van der Waals surface area contributed by atoms with Gasteiger partial charge in [0.15, 0.2) is 0 Å². The summed E-state index contributed by atoms with van der Waals surface area (Å²) < 4.78 is 27.3. The summed E-state index contributed by atoms with van der Waals surface area (Å²) in [6.45, 7) is 0.847. The molecule has 1 fully saturated rings. The number of aromatic amines is 1. The highest BCUT2D eigenvalue weighted by Gasteiger charge is 2.32. The Labute approximate surface area is 162 Å². The molecule has 8 heteroatoms. The summed E-state index contributed by atoms with van der Waals surface area (Å²) in [5.41, 5.74) is 1.94.